The van der Waals surface area contributed by atoms with Crippen LogP contribution in [0.3, 0.4) is 0 Å². The second kappa shape index (κ2) is 5.64. The fourth-order valence-electron chi connectivity index (χ4n) is 1.86. The minimum atomic E-state index is -3.61. The van der Waals surface area contributed by atoms with Crippen molar-refractivity contribution >= 4 is 10.0 Å². The maximum Gasteiger partial charge on any atom is 0.246 e. The lowest BCUT2D eigenvalue weighted by Crippen LogP contribution is -2.26. The van der Waals surface area contributed by atoms with Gasteiger partial charge in [0.1, 0.15) is 10.6 Å². The van der Waals surface area contributed by atoms with Gasteiger partial charge in [0, 0.05) is 25.4 Å². The molecule has 0 aliphatic heterocycles. The molecule has 0 aliphatic rings. The van der Waals surface area contributed by atoms with Crippen LogP contribution in [-0.2, 0) is 16.6 Å². The van der Waals surface area contributed by atoms with Crippen molar-refractivity contribution in [2.24, 2.45) is 0 Å². The molecule has 0 atom stereocenters. The lowest BCUT2D eigenvalue weighted by atomic mass is 10.2. The summed E-state index contributed by atoms with van der Waals surface area (Å²) in [5.41, 5.74) is 1.66. The Morgan fingerprint density at radius 1 is 1.40 bits per heavy atom. The third kappa shape index (κ3) is 2.83. The van der Waals surface area contributed by atoms with Crippen molar-refractivity contribution < 1.29 is 13.2 Å². The van der Waals surface area contributed by atoms with Crippen molar-refractivity contribution in [1.29, 1.82) is 0 Å². The number of nitrogens with zero attached hydrogens (tertiary/aromatic N) is 2. The SMILES string of the molecule is COc1ccc(C)cc1S(=O)(=O)N(C)Cc1cn[nH]c1. The molecule has 0 spiro atoms. The molecule has 1 N–H and O–H groups in total. The minimum Gasteiger partial charge on any atom is -0.495 e. The Morgan fingerprint density at radius 3 is 2.75 bits per heavy atom. The predicted molar refractivity (Wildman–Crippen MR) is 75.0 cm³/mol. The minimum absolute atomic E-state index is 0.172. The maximum absolute atomic E-state index is 12.6. The number of aromatic nitrogens is 2. The van der Waals surface area contributed by atoms with Crippen LogP contribution < -0.4 is 4.74 Å². The molecule has 1 heterocycles. The Labute approximate surface area is 118 Å². The molecule has 0 saturated heterocycles. The van der Waals surface area contributed by atoms with Crippen molar-refractivity contribution in [2.45, 2.75) is 18.4 Å². The van der Waals surface area contributed by atoms with E-state index in [4.69, 9.17) is 4.74 Å². The topological polar surface area (TPSA) is 75.3 Å². The van der Waals surface area contributed by atoms with Gasteiger partial charge in [0.05, 0.1) is 13.3 Å². The van der Waals surface area contributed by atoms with Crippen molar-refractivity contribution in [3.05, 3.63) is 41.7 Å². The Kier molecular flexibility index (Phi) is 4.10. The highest BCUT2D eigenvalue weighted by molar-refractivity contribution is 7.89. The lowest BCUT2D eigenvalue weighted by Gasteiger charge is -2.18. The number of sulfonamides is 1. The molecule has 0 unspecified atom stereocenters. The first-order chi connectivity index (χ1) is 9.45. The number of hydrogen-bond acceptors (Lipinski definition) is 4. The van der Waals surface area contributed by atoms with E-state index in [1.54, 1.807) is 24.5 Å². The molecular formula is C13H17N3O3S. The van der Waals surface area contributed by atoms with E-state index in [1.165, 1.54) is 18.5 Å². The molecule has 1 aromatic carbocycles. The predicted octanol–water partition coefficient (Wildman–Crippen LogP) is 1.55. The van der Waals surface area contributed by atoms with Crippen LogP contribution in [0.1, 0.15) is 11.1 Å². The van der Waals surface area contributed by atoms with Gasteiger partial charge in [0.2, 0.25) is 10.0 Å². The average Bonchev–Trinajstić information content (AvgIpc) is 2.91. The quantitative estimate of drug-likeness (QED) is 0.908. The molecule has 2 rings (SSSR count). The smallest absolute Gasteiger partial charge is 0.246 e. The Balaban J connectivity index is 2.36. The average molecular weight is 295 g/mol. The number of aryl methyl sites for hydroxylation is 1. The molecule has 7 heteroatoms. The molecule has 20 heavy (non-hydrogen) atoms. The summed E-state index contributed by atoms with van der Waals surface area (Å²) in [6.07, 6.45) is 3.26. The summed E-state index contributed by atoms with van der Waals surface area (Å²) >= 11 is 0. The van der Waals surface area contributed by atoms with Crippen LogP contribution in [-0.4, -0.2) is 37.1 Å². The molecule has 1 aromatic heterocycles. The monoisotopic (exact) mass is 295 g/mol. The fourth-order valence-corrected chi connectivity index (χ4v) is 3.25. The molecule has 0 aliphatic carbocycles. The van der Waals surface area contributed by atoms with Crippen molar-refractivity contribution in [3.63, 3.8) is 0 Å². The summed E-state index contributed by atoms with van der Waals surface area (Å²) in [5.74, 6) is 0.342. The standard InChI is InChI=1S/C13H17N3O3S/c1-10-4-5-12(19-3)13(6-10)20(17,18)16(2)9-11-7-14-15-8-11/h4-8H,9H2,1-3H3,(H,14,15). The van der Waals surface area contributed by atoms with Crippen LogP contribution in [0.4, 0.5) is 0 Å². The van der Waals surface area contributed by atoms with Gasteiger partial charge in [-0.05, 0) is 24.6 Å². The van der Waals surface area contributed by atoms with Gasteiger partial charge in [-0.3, -0.25) is 5.10 Å². The summed E-state index contributed by atoms with van der Waals surface area (Å²) < 4.78 is 31.6. The molecule has 0 amide bonds. The van der Waals surface area contributed by atoms with Gasteiger partial charge in [-0.1, -0.05) is 6.07 Å². The second-order valence-corrected chi connectivity index (χ2v) is 6.54. The molecule has 0 bridgehead atoms. The maximum atomic E-state index is 12.6. The fraction of sp³-hybridized carbons (Fsp3) is 0.308. The van der Waals surface area contributed by atoms with Gasteiger partial charge < -0.3 is 4.74 Å². The summed E-state index contributed by atoms with van der Waals surface area (Å²) in [4.78, 5) is 0.172. The van der Waals surface area contributed by atoms with E-state index in [0.717, 1.165) is 11.1 Å². The van der Waals surface area contributed by atoms with Crippen LogP contribution in [0, 0.1) is 6.92 Å². The highest BCUT2D eigenvalue weighted by atomic mass is 32.2. The third-order valence-electron chi connectivity index (χ3n) is 2.97. The summed E-state index contributed by atoms with van der Waals surface area (Å²) in [6.45, 7) is 2.09. The van der Waals surface area contributed by atoms with E-state index in [1.807, 2.05) is 13.0 Å². The van der Waals surface area contributed by atoms with Crippen molar-refractivity contribution in [1.82, 2.24) is 14.5 Å². The number of benzene rings is 1. The highest BCUT2D eigenvalue weighted by Gasteiger charge is 2.25. The first kappa shape index (κ1) is 14.5. The van der Waals surface area contributed by atoms with Crippen LogP contribution >= 0.6 is 0 Å². The highest BCUT2D eigenvalue weighted by Crippen LogP contribution is 2.27. The molecule has 0 fully saturated rings. The lowest BCUT2D eigenvalue weighted by molar-refractivity contribution is 0.397. The number of hydrogen-bond donors (Lipinski definition) is 1. The number of nitrogens with one attached hydrogen (secondary N) is 1. The zero-order valence-corrected chi connectivity index (χ0v) is 12.4. The third-order valence-corrected chi connectivity index (χ3v) is 4.79. The molecule has 2 aromatic rings. The summed E-state index contributed by atoms with van der Waals surface area (Å²) in [7, 11) is -0.624. The van der Waals surface area contributed by atoms with E-state index in [2.05, 4.69) is 10.2 Å². The number of methoxy groups -OCH3 is 1. The summed E-state index contributed by atoms with van der Waals surface area (Å²) in [6, 6.07) is 5.09. The van der Waals surface area contributed by atoms with Gasteiger partial charge in [0.15, 0.2) is 0 Å². The number of aromatic amines is 1. The van der Waals surface area contributed by atoms with E-state index in [-0.39, 0.29) is 11.4 Å². The second-order valence-electron chi connectivity index (χ2n) is 4.52. The van der Waals surface area contributed by atoms with Gasteiger partial charge in [-0.2, -0.15) is 9.40 Å². The van der Waals surface area contributed by atoms with Crippen LogP contribution in [0.5, 0.6) is 5.75 Å². The van der Waals surface area contributed by atoms with E-state index in [0.29, 0.717) is 5.75 Å². The molecule has 108 valence electrons. The molecule has 0 radical (unpaired) electrons. The van der Waals surface area contributed by atoms with Crippen molar-refractivity contribution in [3.8, 4) is 5.75 Å². The first-order valence-electron chi connectivity index (χ1n) is 6.04. The van der Waals surface area contributed by atoms with Gasteiger partial charge in [-0.15, -0.1) is 0 Å². The van der Waals surface area contributed by atoms with Gasteiger partial charge >= 0.3 is 0 Å². The van der Waals surface area contributed by atoms with Gasteiger partial charge in [0.25, 0.3) is 0 Å². The molecule has 0 saturated carbocycles. The van der Waals surface area contributed by atoms with Crippen LogP contribution in [0.25, 0.3) is 0 Å². The zero-order chi connectivity index (χ0) is 14.8. The van der Waals surface area contributed by atoms with E-state index in [9.17, 15) is 8.42 Å². The first-order valence-corrected chi connectivity index (χ1v) is 7.48. The van der Waals surface area contributed by atoms with Gasteiger partial charge in [-0.25, -0.2) is 8.42 Å². The normalized spacial score (nSPS) is 11.8. The van der Waals surface area contributed by atoms with Crippen molar-refractivity contribution in [2.75, 3.05) is 14.2 Å². The van der Waals surface area contributed by atoms with E-state index < -0.39 is 10.0 Å². The molecular weight excluding hydrogens is 278 g/mol. The van der Waals surface area contributed by atoms with Crippen LogP contribution in [0.2, 0.25) is 0 Å². The Hall–Kier alpha value is -1.86. The Morgan fingerprint density at radius 2 is 2.15 bits per heavy atom. The molecule has 6 nitrogen and oxygen atoms in total. The van der Waals surface area contributed by atoms with Crippen LogP contribution in [0.15, 0.2) is 35.5 Å². The number of H-pyrrole nitrogens is 1. The zero-order valence-electron chi connectivity index (χ0n) is 11.6. The number of rotatable bonds is 5. The summed E-state index contributed by atoms with van der Waals surface area (Å²) in [5, 5.41) is 6.47. The Bertz CT molecular complexity index is 681. The number of ether oxygens (including phenoxy) is 1. The largest absolute Gasteiger partial charge is 0.495 e. The van der Waals surface area contributed by atoms with E-state index >= 15 is 0 Å².